The molecule has 2 N–H and O–H groups in total. The van der Waals surface area contributed by atoms with Gasteiger partial charge in [-0.3, -0.25) is 9.78 Å². The van der Waals surface area contributed by atoms with Gasteiger partial charge in [0.15, 0.2) is 0 Å². The smallest absolute Gasteiger partial charge is 0.304 e. The lowest BCUT2D eigenvalue weighted by atomic mass is 10.2. The van der Waals surface area contributed by atoms with Crippen LogP contribution < -0.4 is 10.2 Å². The third-order valence-electron chi connectivity index (χ3n) is 2.20. The average Bonchev–Trinajstić information content (AvgIpc) is 2.72. The van der Waals surface area contributed by atoms with Crippen LogP contribution in [-0.4, -0.2) is 16.5 Å². The maximum atomic E-state index is 10.9. The van der Waals surface area contributed by atoms with Crippen molar-refractivity contribution in [2.75, 3.05) is 6.54 Å². The van der Waals surface area contributed by atoms with E-state index in [0.29, 0.717) is 6.54 Å². The zero-order chi connectivity index (χ0) is 11.2. The third-order valence-corrected chi connectivity index (χ3v) is 2.92. The number of pyridine rings is 1. The SMILES string of the molecule is O=c1[nH]c(CNCCc2cccnc2)cs1. The van der Waals surface area contributed by atoms with Crippen molar-refractivity contribution in [1.82, 2.24) is 15.3 Å². The topological polar surface area (TPSA) is 57.8 Å². The zero-order valence-electron chi connectivity index (χ0n) is 8.77. The van der Waals surface area contributed by atoms with Crippen molar-refractivity contribution in [3.8, 4) is 0 Å². The molecule has 0 unspecified atom stereocenters. The molecule has 4 nitrogen and oxygen atoms in total. The Kier molecular flexibility index (Phi) is 3.85. The van der Waals surface area contributed by atoms with Gasteiger partial charge >= 0.3 is 4.87 Å². The summed E-state index contributed by atoms with van der Waals surface area (Å²) < 4.78 is 0. The Morgan fingerprint density at radius 2 is 2.44 bits per heavy atom. The summed E-state index contributed by atoms with van der Waals surface area (Å²) in [4.78, 5) is 17.7. The van der Waals surface area contributed by atoms with Crippen LogP contribution in [0.25, 0.3) is 0 Å². The normalized spacial score (nSPS) is 10.5. The molecule has 0 aliphatic rings. The fourth-order valence-electron chi connectivity index (χ4n) is 1.40. The molecule has 2 rings (SSSR count). The molecule has 0 saturated heterocycles. The number of hydrogen-bond donors (Lipinski definition) is 2. The van der Waals surface area contributed by atoms with E-state index in [9.17, 15) is 4.79 Å². The maximum absolute atomic E-state index is 10.9. The van der Waals surface area contributed by atoms with E-state index in [1.807, 2.05) is 17.6 Å². The highest BCUT2D eigenvalue weighted by atomic mass is 32.1. The predicted octanol–water partition coefficient (Wildman–Crippen LogP) is 1.16. The van der Waals surface area contributed by atoms with Gasteiger partial charge in [-0.05, 0) is 24.6 Å². The summed E-state index contributed by atoms with van der Waals surface area (Å²) in [7, 11) is 0. The first-order chi connectivity index (χ1) is 7.84. The first-order valence-corrected chi connectivity index (χ1v) is 5.99. The third kappa shape index (κ3) is 3.29. The number of aromatic nitrogens is 2. The Morgan fingerprint density at radius 3 is 3.12 bits per heavy atom. The first kappa shape index (κ1) is 11.0. The summed E-state index contributed by atoms with van der Waals surface area (Å²) in [5.41, 5.74) is 2.16. The van der Waals surface area contributed by atoms with E-state index in [-0.39, 0.29) is 4.87 Å². The van der Waals surface area contributed by atoms with Crippen LogP contribution in [-0.2, 0) is 13.0 Å². The molecule has 0 spiro atoms. The molecule has 0 aliphatic carbocycles. The van der Waals surface area contributed by atoms with Crippen molar-refractivity contribution in [1.29, 1.82) is 0 Å². The second-order valence-electron chi connectivity index (χ2n) is 3.46. The van der Waals surface area contributed by atoms with Gasteiger partial charge in [0.05, 0.1) is 0 Å². The fraction of sp³-hybridized carbons (Fsp3) is 0.273. The van der Waals surface area contributed by atoms with Crippen molar-refractivity contribution in [3.63, 3.8) is 0 Å². The molecular formula is C11H13N3OS. The number of nitrogens with zero attached hydrogens (tertiary/aromatic N) is 1. The summed E-state index contributed by atoms with van der Waals surface area (Å²) in [6.07, 6.45) is 4.59. The standard InChI is InChI=1S/C11H13N3OS/c15-11-14-10(8-16-11)7-13-5-3-9-2-1-4-12-6-9/h1-2,4,6,8,13H,3,5,7H2,(H,14,15). The van der Waals surface area contributed by atoms with Gasteiger partial charge in [-0.1, -0.05) is 17.4 Å². The van der Waals surface area contributed by atoms with Crippen molar-refractivity contribution in [3.05, 3.63) is 50.8 Å². The molecule has 0 saturated carbocycles. The minimum absolute atomic E-state index is 0.00376. The van der Waals surface area contributed by atoms with E-state index in [4.69, 9.17) is 0 Å². The zero-order valence-corrected chi connectivity index (χ0v) is 9.59. The molecule has 2 aromatic rings. The highest BCUT2D eigenvalue weighted by Gasteiger charge is 1.96. The number of H-pyrrole nitrogens is 1. The van der Waals surface area contributed by atoms with Crippen molar-refractivity contribution in [2.45, 2.75) is 13.0 Å². The van der Waals surface area contributed by atoms with Crippen molar-refractivity contribution >= 4 is 11.3 Å². The molecule has 2 aromatic heterocycles. The molecule has 16 heavy (non-hydrogen) atoms. The fourth-order valence-corrected chi connectivity index (χ4v) is 1.98. The van der Waals surface area contributed by atoms with Crippen LogP contribution >= 0.6 is 11.3 Å². The van der Waals surface area contributed by atoms with Crippen LogP contribution in [0.5, 0.6) is 0 Å². The van der Waals surface area contributed by atoms with Crippen LogP contribution in [0, 0.1) is 0 Å². The summed E-state index contributed by atoms with van der Waals surface area (Å²) in [6, 6.07) is 3.99. The molecule has 0 radical (unpaired) electrons. The lowest BCUT2D eigenvalue weighted by molar-refractivity contribution is 0.676. The van der Waals surface area contributed by atoms with Crippen LogP contribution in [0.1, 0.15) is 11.3 Å². The van der Waals surface area contributed by atoms with Gasteiger partial charge in [-0.25, -0.2) is 0 Å². The predicted molar refractivity (Wildman–Crippen MR) is 64.6 cm³/mol. The van der Waals surface area contributed by atoms with E-state index >= 15 is 0 Å². The Balaban J connectivity index is 1.71. The molecule has 0 aliphatic heterocycles. The molecule has 0 bridgehead atoms. The second-order valence-corrected chi connectivity index (χ2v) is 4.30. The number of hydrogen-bond acceptors (Lipinski definition) is 4. The van der Waals surface area contributed by atoms with Gasteiger partial charge in [0, 0.05) is 30.0 Å². The van der Waals surface area contributed by atoms with E-state index in [1.165, 1.54) is 16.9 Å². The quantitative estimate of drug-likeness (QED) is 0.765. The van der Waals surface area contributed by atoms with Gasteiger partial charge in [0.2, 0.25) is 0 Å². The minimum atomic E-state index is 0.00376. The second kappa shape index (κ2) is 5.58. The molecule has 0 aromatic carbocycles. The van der Waals surface area contributed by atoms with E-state index in [2.05, 4.69) is 21.4 Å². The molecule has 84 valence electrons. The summed E-state index contributed by atoms with van der Waals surface area (Å²) in [6.45, 7) is 1.59. The number of thiazole rings is 1. The van der Waals surface area contributed by atoms with Gasteiger partial charge in [0.25, 0.3) is 0 Å². The Labute approximate surface area is 97.4 Å². The Bertz CT molecular complexity index is 477. The van der Waals surface area contributed by atoms with Crippen LogP contribution in [0.3, 0.4) is 0 Å². The van der Waals surface area contributed by atoms with Gasteiger partial charge in [0.1, 0.15) is 0 Å². The van der Waals surface area contributed by atoms with Gasteiger partial charge in [-0.15, -0.1) is 0 Å². The molecule has 2 heterocycles. The number of rotatable bonds is 5. The minimum Gasteiger partial charge on any atom is -0.315 e. The number of nitrogens with one attached hydrogen (secondary N) is 2. The molecule has 0 atom stereocenters. The van der Waals surface area contributed by atoms with Crippen LogP contribution in [0.4, 0.5) is 0 Å². The number of aromatic amines is 1. The molecule has 0 amide bonds. The lowest BCUT2D eigenvalue weighted by Gasteiger charge is -2.02. The largest absolute Gasteiger partial charge is 0.315 e. The van der Waals surface area contributed by atoms with E-state index in [1.54, 1.807) is 6.20 Å². The summed E-state index contributed by atoms with van der Waals surface area (Å²) in [5, 5.41) is 5.12. The van der Waals surface area contributed by atoms with Crippen molar-refractivity contribution in [2.24, 2.45) is 0 Å². The van der Waals surface area contributed by atoms with Crippen LogP contribution in [0.15, 0.2) is 34.7 Å². The molecule has 0 fully saturated rings. The van der Waals surface area contributed by atoms with Gasteiger partial charge < -0.3 is 10.3 Å². The van der Waals surface area contributed by atoms with E-state index < -0.39 is 0 Å². The summed E-state index contributed by atoms with van der Waals surface area (Å²) >= 11 is 1.20. The average molecular weight is 235 g/mol. The Morgan fingerprint density at radius 1 is 1.50 bits per heavy atom. The van der Waals surface area contributed by atoms with Crippen LogP contribution in [0.2, 0.25) is 0 Å². The molecule has 5 heteroatoms. The lowest BCUT2D eigenvalue weighted by Crippen LogP contribution is -2.17. The first-order valence-electron chi connectivity index (χ1n) is 5.11. The van der Waals surface area contributed by atoms with Gasteiger partial charge in [-0.2, -0.15) is 0 Å². The Hall–Kier alpha value is -1.46. The van der Waals surface area contributed by atoms with E-state index in [0.717, 1.165) is 18.7 Å². The highest BCUT2D eigenvalue weighted by molar-refractivity contribution is 7.07. The maximum Gasteiger partial charge on any atom is 0.304 e. The highest BCUT2D eigenvalue weighted by Crippen LogP contribution is 1.97. The summed E-state index contributed by atoms with van der Waals surface area (Å²) in [5.74, 6) is 0. The monoisotopic (exact) mass is 235 g/mol. The molecular weight excluding hydrogens is 222 g/mol. The van der Waals surface area contributed by atoms with Crippen molar-refractivity contribution < 1.29 is 0 Å².